The van der Waals surface area contributed by atoms with Crippen LogP contribution in [-0.4, -0.2) is 16.1 Å². The van der Waals surface area contributed by atoms with E-state index in [-0.39, 0.29) is 13.0 Å². The van der Waals surface area contributed by atoms with Crippen LogP contribution in [0.1, 0.15) is 42.2 Å². The highest BCUT2D eigenvalue weighted by Crippen LogP contribution is 2.29. The predicted molar refractivity (Wildman–Crippen MR) is 104 cm³/mol. The van der Waals surface area contributed by atoms with Crippen LogP contribution in [0.5, 0.6) is 5.88 Å². The summed E-state index contributed by atoms with van der Waals surface area (Å²) < 4.78 is 11.8. The monoisotopic (exact) mass is 387 g/mol. The molecule has 0 saturated carbocycles. The van der Waals surface area contributed by atoms with Crippen LogP contribution in [0.4, 0.5) is 0 Å². The molecule has 2 aromatic heterocycles. The Hall–Kier alpha value is -2.53. The molecule has 0 saturated heterocycles. The lowest BCUT2D eigenvalue weighted by Gasteiger charge is -2.09. The number of pyridine rings is 1. The molecule has 1 aromatic carbocycles. The lowest BCUT2D eigenvalue weighted by Crippen LogP contribution is -2.02. The van der Waals surface area contributed by atoms with Crippen molar-refractivity contribution in [3.05, 3.63) is 57.9 Å². The summed E-state index contributed by atoms with van der Waals surface area (Å²) in [5, 5.41) is 10.4. The molecule has 2 heterocycles. The van der Waals surface area contributed by atoms with Gasteiger partial charge >= 0.3 is 5.97 Å². The van der Waals surface area contributed by atoms with E-state index in [4.69, 9.17) is 25.9 Å². The minimum absolute atomic E-state index is 0.0851. The zero-order chi connectivity index (χ0) is 19.4. The minimum Gasteiger partial charge on any atom is -0.481 e. The van der Waals surface area contributed by atoms with Gasteiger partial charge in [-0.1, -0.05) is 18.5 Å². The maximum absolute atomic E-state index is 10.7. The van der Waals surface area contributed by atoms with Gasteiger partial charge in [-0.05, 0) is 49.1 Å². The molecule has 0 fully saturated rings. The number of aryl methyl sites for hydroxylation is 3. The Morgan fingerprint density at radius 2 is 2.04 bits per heavy atom. The number of carboxylic acids is 1. The number of furan rings is 1. The maximum atomic E-state index is 10.7. The number of benzene rings is 1. The molecule has 0 aliphatic heterocycles. The van der Waals surface area contributed by atoms with E-state index in [1.165, 1.54) is 0 Å². The van der Waals surface area contributed by atoms with Gasteiger partial charge in [-0.25, -0.2) is 4.98 Å². The van der Waals surface area contributed by atoms with Gasteiger partial charge in [-0.2, -0.15) is 0 Å². The molecule has 0 atom stereocenters. The van der Waals surface area contributed by atoms with Crippen LogP contribution in [-0.2, 0) is 24.2 Å². The third kappa shape index (κ3) is 4.80. The van der Waals surface area contributed by atoms with Crippen molar-refractivity contribution in [2.24, 2.45) is 0 Å². The van der Waals surface area contributed by atoms with Crippen LogP contribution in [0.3, 0.4) is 0 Å². The summed E-state index contributed by atoms with van der Waals surface area (Å²) in [5.41, 5.74) is 3.53. The number of hydrogen-bond donors (Lipinski definition) is 1. The summed E-state index contributed by atoms with van der Waals surface area (Å²) in [6, 6.07) is 7.58. The molecule has 0 bridgehead atoms. The standard InChI is InChI=1S/C21H22ClNO4/c1-3-4-18-10-15-8-17(22)9-16(21(15)27-18)12-26-19-7-13(2)14(11-23-19)5-6-20(24)25/h7-11H,3-6,12H2,1-2H3,(H,24,25). The number of halogens is 1. The second-order valence-corrected chi connectivity index (χ2v) is 7.01. The fraction of sp³-hybridized carbons (Fsp3) is 0.333. The Labute approximate surface area is 162 Å². The van der Waals surface area contributed by atoms with E-state index in [9.17, 15) is 4.79 Å². The zero-order valence-corrected chi connectivity index (χ0v) is 16.2. The Balaban J connectivity index is 1.76. The molecule has 0 unspecified atom stereocenters. The van der Waals surface area contributed by atoms with Crippen LogP contribution < -0.4 is 4.74 Å². The van der Waals surface area contributed by atoms with Gasteiger partial charge in [0, 0.05) is 41.1 Å². The first-order valence-electron chi connectivity index (χ1n) is 8.97. The van der Waals surface area contributed by atoms with E-state index < -0.39 is 5.97 Å². The molecule has 5 nitrogen and oxygen atoms in total. The SMILES string of the molecule is CCCc1cc2cc(Cl)cc(COc3cc(C)c(CCC(=O)O)cn3)c2o1. The number of nitrogens with zero attached hydrogens (tertiary/aromatic N) is 1. The number of carboxylic acid groups (broad SMARTS) is 1. The van der Waals surface area contributed by atoms with Crippen molar-refractivity contribution in [2.75, 3.05) is 0 Å². The van der Waals surface area contributed by atoms with Crippen molar-refractivity contribution in [3.63, 3.8) is 0 Å². The Morgan fingerprint density at radius 3 is 2.74 bits per heavy atom. The van der Waals surface area contributed by atoms with Gasteiger partial charge in [-0.3, -0.25) is 4.79 Å². The number of carbonyl (C=O) groups is 1. The Morgan fingerprint density at radius 1 is 1.22 bits per heavy atom. The largest absolute Gasteiger partial charge is 0.481 e. The van der Waals surface area contributed by atoms with Crippen LogP contribution in [0.2, 0.25) is 5.02 Å². The van der Waals surface area contributed by atoms with Gasteiger partial charge in [0.25, 0.3) is 0 Å². The first kappa shape index (κ1) is 19.2. The fourth-order valence-electron chi connectivity index (χ4n) is 3.01. The minimum atomic E-state index is -0.819. The molecule has 0 radical (unpaired) electrons. The first-order valence-corrected chi connectivity index (χ1v) is 9.35. The molecule has 142 valence electrons. The number of hydrogen-bond acceptors (Lipinski definition) is 4. The summed E-state index contributed by atoms with van der Waals surface area (Å²) in [7, 11) is 0. The third-order valence-electron chi connectivity index (χ3n) is 4.38. The van der Waals surface area contributed by atoms with E-state index in [0.717, 1.165) is 46.3 Å². The smallest absolute Gasteiger partial charge is 0.303 e. The first-order chi connectivity index (χ1) is 13.0. The van der Waals surface area contributed by atoms with Crippen molar-refractivity contribution in [3.8, 4) is 5.88 Å². The fourth-order valence-corrected chi connectivity index (χ4v) is 3.26. The molecule has 3 aromatic rings. The second-order valence-electron chi connectivity index (χ2n) is 6.58. The molecule has 1 N–H and O–H groups in total. The van der Waals surface area contributed by atoms with E-state index in [0.29, 0.717) is 17.3 Å². The van der Waals surface area contributed by atoms with E-state index in [1.54, 1.807) is 6.20 Å². The summed E-state index contributed by atoms with van der Waals surface area (Å²) in [6.07, 6.45) is 4.10. The van der Waals surface area contributed by atoms with Gasteiger partial charge in [0.05, 0.1) is 0 Å². The summed E-state index contributed by atoms with van der Waals surface area (Å²) in [4.78, 5) is 15.0. The second kappa shape index (κ2) is 8.44. The topological polar surface area (TPSA) is 72.6 Å². The number of ether oxygens (including phenoxy) is 1. The van der Waals surface area contributed by atoms with Crippen molar-refractivity contribution in [2.45, 2.75) is 46.1 Å². The summed E-state index contributed by atoms with van der Waals surface area (Å²) >= 11 is 6.24. The highest BCUT2D eigenvalue weighted by Gasteiger charge is 2.12. The Kier molecular flexibility index (Phi) is 6.01. The van der Waals surface area contributed by atoms with Gasteiger partial charge in [0.15, 0.2) is 0 Å². The maximum Gasteiger partial charge on any atom is 0.303 e. The molecule has 27 heavy (non-hydrogen) atoms. The van der Waals surface area contributed by atoms with E-state index in [2.05, 4.69) is 11.9 Å². The van der Waals surface area contributed by atoms with Crippen molar-refractivity contribution in [1.82, 2.24) is 4.98 Å². The lowest BCUT2D eigenvalue weighted by atomic mass is 10.1. The predicted octanol–water partition coefficient (Wildman–Crippen LogP) is 5.34. The average Bonchev–Trinajstić information content (AvgIpc) is 3.01. The summed E-state index contributed by atoms with van der Waals surface area (Å²) in [5.74, 6) is 0.605. The number of aromatic nitrogens is 1. The molecular formula is C21H22ClNO4. The van der Waals surface area contributed by atoms with Crippen LogP contribution in [0.15, 0.2) is 34.9 Å². The van der Waals surface area contributed by atoms with Crippen LogP contribution in [0.25, 0.3) is 11.0 Å². The third-order valence-corrected chi connectivity index (χ3v) is 4.60. The molecule has 0 spiro atoms. The quantitative estimate of drug-likeness (QED) is 0.564. The van der Waals surface area contributed by atoms with Gasteiger partial charge in [0.2, 0.25) is 5.88 Å². The van der Waals surface area contributed by atoms with Gasteiger partial charge < -0.3 is 14.3 Å². The van der Waals surface area contributed by atoms with Crippen molar-refractivity contribution >= 4 is 28.5 Å². The highest BCUT2D eigenvalue weighted by atomic mass is 35.5. The van der Waals surface area contributed by atoms with Crippen LogP contribution >= 0.6 is 11.6 Å². The molecule has 0 aliphatic rings. The average molecular weight is 388 g/mol. The van der Waals surface area contributed by atoms with E-state index in [1.807, 2.05) is 31.2 Å². The van der Waals surface area contributed by atoms with E-state index >= 15 is 0 Å². The Bertz CT molecular complexity index is 964. The van der Waals surface area contributed by atoms with Gasteiger partial charge in [0.1, 0.15) is 18.0 Å². The van der Waals surface area contributed by atoms with Crippen molar-refractivity contribution in [1.29, 1.82) is 0 Å². The van der Waals surface area contributed by atoms with Crippen molar-refractivity contribution < 1.29 is 19.1 Å². The number of aliphatic carboxylic acids is 1. The lowest BCUT2D eigenvalue weighted by molar-refractivity contribution is -0.136. The normalized spacial score (nSPS) is 11.1. The number of fused-ring (bicyclic) bond motifs is 1. The van der Waals surface area contributed by atoms with Gasteiger partial charge in [-0.15, -0.1) is 0 Å². The van der Waals surface area contributed by atoms with Crippen LogP contribution in [0, 0.1) is 6.92 Å². The zero-order valence-electron chi connectivity index (χ0n) is 15.4. The summed E-state index contributed by atoms with van der Waals surface area (Å²) in [6.45, 7) is 4.32. The molecule has 0 aliphatic carbocycles. The number of rotatable bonds is 8. The molecule has 0 amide bonds. The molecule has 3 rings (SSSR count). The highest BCUT2D eigenvalue weighted by molar-refractivity contribution is 6.31. The molecular weight excluding hydrogens is 366 g/mol. The molecule has 6 heteroatoms.